The Hall–Kier alpha value is -1.55. The Morgan fingerprint density at radius 1 is 1.48 bits per heavy atom. The number of carbonyl (C=O) groups excluding carboxylic acids is 1. The molecular weight excluding hydrogens is 264 g/mol. The highest BCUT2D eigenvalue weighted by Crippen LogP contribution is 2.22. The number of ether oxygens (including phenoxy) is 1. The van der Waals surface area contributed by atoms with E-state index in [0.29, 0.717) is 0 Å². The molecule has 2 atom stereocenters. The fourth-order valence-corrected chi connectivity index (χ4v) is 2.85. The largest absolute Gasteiger partial charge is 0.385 e. The molecule has 4 heteroatoms. The fourth-order valence-electron chi connectivity index (χ4n) is 2.85. The number of hydrogen-bond donors (Lipinski definition) is 1. The zero-order chi connectivity index (χ0) is 15.4. The maximum atomic E-state index is 12.7. The number of nitrogens with one attached hydrogen (secondary N) is 1. The van der Waals surface area contributed by atoms with Gasteiger partial charge >= 0.3 is 0 Å². The van der Waals surface area contributed by atoms with Crippen LogP contribution in [0.2, 0.25) is 0 Å². The van der Waals surface area contributed by atoms with Crippen molar-refractivity contribution >= 4 is 11.6 Å². The standard InChI is InChI=1S/C17H26N2O2/c1-5-9-18-14-6-7-15(12(2)11-14)17(20)19(4)16-8-10-21-13(16)3/h6-7,11,13,16,18H,5,8-10H2,1-4H3. The van der Waals surface area contributed by atoms with Gasteiger partial charge in [-0.05, 0) is 50.5 Å². The number of aryl methyl sites for hydroxylation is 1. The van der Waals surface area contributed by atoms with Gasteiger partial charge in [0.25, 0.3) is 5.91 Å². The number of anilines is 1. The molecule has 1 amide bonds. The second-order valence-corrected chi connectivity index (χ2v) is 5.80. The van der Waals surface area contributed by atoms with Crippen molar-refractivity contribution in [2.24, 2.45) is 0 Å². The van der Waals surface area contributed by atoms with Gasteiger partial charge in [0.1, 0.15) is 0 Å². The van der Waals surface area contributed by atoms with Gasteiger partial charge < -0.3 is 15.0 Å². The Labute approximate surface area is 127 Å². The molecule has 0 aromatic heterocycles. The highest BCUT2D eigenvalue weighted by Gasteiger charge is 2.31. The average Bonchev–Trinajstić information content (AvgIpc) is 2.90. The second-order valence-electron chi connectivity index (χ2n) is 5.80. The van der Waals surface area contributed by atoms with Crippen LogP contribution in [0.1, 0.15) is 42.6 Å². The molecule has 21 heavy (non-hydrogen) atoms. The van der Waals surface area contributed by atoms with Gasteiger partial charge in [0, 0.05) is 31.5 Å². The highest BCUT2D eigenvalue weighted by molar-refractivity contribution is 5.96. The first-order valence-corrected chi connectivity index (χ1v) is 7.78. The van der Waals surface area contributed by atoms with E-state index in [-0.39, 0.29) is 18.1 Å². The van der Waals surface area contributed by atoms with Crippen LogP contribution < -0.4 is 5.32 Å². The van der Waals surface area contributed by atoms with Crippen LogP contribution in [0.25, 0.3) is 0 Å². The summed E-state index contributed by atoms with van der Waals surface area (Å²) < 4.78 is 5.56. The minimum absolute atomic E-state index is 0.0805. The number of carbonyl (C=O) groups is 1. The number of hydrogen-bond acceptors (Lipinski definition) is 3. The molecule has 1 heterocycles. The normalized spacial score (nSPS) is 21.3. The molecule has 0 spiro atoms. The zero-order valence-electron chi connectivity index (χ0n) is 13.5. The number of amides is 1. The molecule has 0 radical (unpaired) electrons. The summed E-state index contributed by atoms with van der Waals surface area (Å²) in [7, 11) is 1.88. The molecule has 4 nitrogen and oxygen atoms in total. The first-order chi connectivity index (χ1) is 10.0. The summed E-state index contributed by atoms with van der Waals surface area (Å²) in [4.78, 5) is 14.5. The van der Waals surface area contributed by atoms with E-state index in [1.54, 1.807) is 0 Å². The summed E-state index contributed by atoms with van der Waals surface area (Å²) in [5.74, 6) is 0.0805. The molecule has 0 bridgehead atoms. The fraction of sp³-hybridized carbons (Fsp3) is 0.588. The van der Waals surface area contributed by atoms with Crippen molar-refractivity contribution in [1.82, 2.24) is 4.90 Å². The summed E-state index contributed by atoms with van der Waals surface area (Å²) >= 11 is 0. The van der Waals surface area contributed by atoms with Crippen molar-refractivity contribution in [2.75, 3.05) is 25.5 Å². The molecule has 1 N–H and O–H groups in total. The minimum atomic E-state index is 0.0805. The van der Waals surface area contributed by atoms with E-state index in [9.17, 15) is 4.79 Å². The molecule has 1 aliphatic rings. The van der Waals surface area contributed by atoms with Gasteiger partial charge in [-0.2, -0.15) is 0 Å². The van der Waals surface area contributed by atoms with Crippen LogP contribution in [-0.4, -0.2) is 43.2 Å². The SMILES string of the molecule is CCCNc1ccc(C(=O)N(C)C2CCOC2C)c(C)c1. The molecule has 1 fully saturated rings. The topological polar surface area (TPSA) is 41.6 Å². The Morgan fingerprint density at radius 3 is 2.81 bits per heavy atom. The lowest BCUT2D eigenvalue weighted by atomic mass is 10.0. The van der Waals surface area contributed by atoms with E-state index < -0.39 is 0 Å². The van der Waals surface area contributed by atoms with Crippen molar-refractivity contribution in [3.63, 3.8) is 0 Å². The molecule has 2 unspecified atom stereocenters. The van der Waals surface area contributed by atoms with Crippen LogP contribution in [0.5, 0.6) is 0 Å². The quantitative estimate of drug-likeness (QED) is 0.906. The lowest BCUT2D eigenvalue weighted by Gasteiger charge is -2.27. The van der Waals surface area contributed by atoms with Gasteiger partial charge in [0.2, 0.25) is 0 Å². The van der Waals surface area contributed by atoms with Crippen molar-refractivity contribution in [2.45, 2.75) is 45.8 Å². The molecule has 0 saturated carbocycles. The molecule has 0 aliphatic carbocycles. The predicted octanol–water partition coefficient (Wildman–Crippen LogP) is 3.07. The average molecular weight is 290 g/mol. The molecule has 1 aliphatic heterocycles. The van der Waals surface area contributed by atoms with Gasteiger partial charge in [-0.1, -0.05) is 6.92 Å². The van der Waals surface area contributed by atoms with Crippen LogP contribution in [-0.2, 0) is 4.74 Å². The maximum absolute atomic E-state index is 12.7. The van der Waals surface area contributed by atoms with Crippen LogP contribution in [0.15, 0.2) is 18.2 Å². The number of likely N-dealkylation sites (N-methyl/N-ethyl adjacent to an activating group) is 1. The van der Waals surface area contributed by atoms with Crippen LogP contribution in [0.4, 0.5) is 5.69 Å². The van der Waals surface area contributed by atoms with Crippen LogP contribution in [0, 0.1) is 6.92 Å². The smallest absolute Gasteiger partial charge is 0.254 e. The Morgan fingerprint density at radius 2 is 2.24 bits per heavy atom. The molecule has 1 aromatic rings. The van der Waals surface area contributed by atoms with Crippen molar-refractivity contribution in [3.05, 3.63) is 29.3 Å². The van der Waals surface area contributed by atoms with Crippen molar-refractivity contribution < 1.29 is 9.53 Å². The lowest BCUT2D eigenvalue weighted by molar-refractivity contribution is 0.0574. The number of nitrogens with zero attached hydrogens (tertiary/aromatic N) is 1. The number of rotatable bonds is 5. The minimum Gasteiger partial charge on any atom is -0.385 e. The molecule has 1 saturated heterocycles. The Balaban J connectivity index is 2.11. The molecule has 116 valence electrons. The van der Waals surface area contributed by atoms with Crippen molar-refractivity contribution in [1.29, 1.82) is 0 Å². The first kappa shape index (κ1) is 15.8. The highest BCUT2D eigenvalue weighted by atomic mass is 16.5. The predicted molar refractivity (Wildman–Crippen MR) is 85.9 cm³/mol. The van der Waals surface area contributed by atoms with Crippen LogP contribution in [0.3, 0.4) is 0 Å². The molecule has 2 rings (SSSR count). The van der Waals surface area contributed by atoms with E-state index in [1.165, 1.54) is 0 Å². The third kappa shape index (κ3) is 3.56. The Bertz CT molecular complexity index is 502. The van der Waals surface area contributed by atoms with E-state index in [0.717, 1.165) is 42.8 Å². The van der Waals surface area contributed by atoms with Crippen LogP contribution >= 0.6 is 0 Å². The summed E-state index contributed by atoms with van der Waals surface area (Å²) in [5.41, 5.74) is 2.87. The van der Waals surface area contributed by atoms with Gasteiger partial charge in [-0.3, -0.25) is 4.79 Å². The molecule has 1 aromatic carbocycles. The molecular formula is C17H26N2O2. The first-order valence-electron chi connectivity index (χ1n) is 7.78. The van der Waals surface area contributed by atoms with E-state index in [4.69, 9.17) is 4.74 Å². The van der Waals surface area contributed by atoms with E-state index in [1.807, 2.05) is 44.0 Å². The van der Waals surface area contributed by atoms with Gasteiger partial charge in [0.15, 0.2) is 0 Å². The number of benzene rings is 1. The third-order valence-electron chi connectivity index (χ3n) is 4.19. The summed E-state index contributed by atoms with van der Waals surface area (Å²) in [5, 5.41) is 3.35. The van der Waals surface area contributed by atoms with Gasteiger partial charge in [-0.15, -0.1) is 0 Å². The van der Waals surface area contributed by atoms with E-state index >= 15 is 0 Å². The van der Waals surface area contributed by atoms with E-state index in [2.05, 4.69) is 12.2 Å². The monoisotopic (exact) mass is 290 g/mol. The summed E-state index contributed by atoms with van der Waals surface area (Å²) in [6.07, 6.45) is 2.12. The Kier molecular flexibility index (Phi) is 5.23. The summed E-state index contributed by atoms with van der Waals surface area (Å²) in [6.45, 7) is 7.85. The van der Waals surface area contributed by atoms with Gasteiger partial charge in [0.05, 0.1) is 12.1 Å². The third-order valence-corrected chi connectivity index (χ3v) is 4.19. The second kappa shape index (κ2) is 6.94. The van der Waals surface area contributed by atoms with Gasteiger partial charge in [-0.25, -0.2) is 0 Å². The summed E-state index contributed by atoms with van der Waals surface area (Å²) in [6, 6.07) is 6.13. The lowest BCUT2D eigenvalue weighted by Crippen LogP contribution is -2.41. The van der Waals surface area contributed by atoms with Crippen molar-refractivity contribution in [3.8, 4) is 0 Å². The maximum Gasteiger partial charge on any atom is 0.254 e. The zero-order valence-corrected chi connectivity index (χ0v) is 13.5.